The summed E-state index contributed by atoms with van der Waals surface area (Å²) in [6.45, 7) is 4.51. The van der Waals surface area contributed by atoms with Crippen molar-refractivity contribution in [2.75, 3.05) is 13.1 Å². The number of aliphatic hydroxyl groups excluding tert-OH is 1. The second kappa shape index (κ2) is 6.92. The summed E-state index contributed by atoms with van der Waals surface area (Å²) < 4.78 is 0. The van der Waals surface area contributed by atoms with Crippen molar-refractivity contribution >= 4 is 11.8 Å². The highest BCUT2D eigenvalue weighted by atomic mass is 16.3. The fraction of sp³-hybridized carbons (Fsp3) is 0.529. The molecule has 0 bridgehead atoms. The summed E-state index contributed by atoms with van der Waals surface area (Å²) in [6, 6.07) is 9.05. The van der Waals surface area contributed by atoms with Crippen LogP contribution in [0.4, 0.5) is 0 Å². The van der Waals surface area contributed by atoms with Crippen LogP contribution in [0.25, 0.3) is 0 Å². The van der Waals surface area contributed by atoms with Gasteiger partial charge in [0.25, 0.3) is 5.91 Å². The van der Waals surface area contributed by atoms with E-state index < -0.39 is 11.6 Å². The van der Waals surface area contributed by atoms with Gasteiger partial charge in [-0.25, -0.2) is 0 Å². The molecule has 1 aliphatic heterocycles. The van der Waals surface area contributed by atoms with Crippen molar-refractivity contribution in [3.05, 3.63) is 35.9 Å². The van der Waals surface area contributed by atoms with Gasteiger partial charge in [-0.1, -0.05) is 18.2 Å². The van der Waals surface area contributed by atoms with Crippen molar-refractivity contribution in [3.63, 3.8) is 0 Å². The smallest absolute Gasteiger partial charge is 0.254 e. The number of hydrogen-bond acceptors (Lipinski definition) is 3. The molecule has 0 saturated carbocycles. The number of amides is 2. The number of nitrogens with one attached hydrogen (secondary N) is 1. The van der Waals surface area contributed by atoms with Crippen molar-refractivity contribution in [3.8, 4) is 0 Å². The average Bonchev–Trinajstić information content (AvgIpc) is 2.90. The third kappa shape index (κ3) is 3.47. The Labute approximate surface area is 131 Å². The van der Waals surface area contributed by atoms with E-state index in [1.807, 2.05) is 25.1 Å². The van der Waals surface area contributed by atoms with Crippen molar-refractivity contribution in [1.82, 2.24) is 10.2 Å². The maximum Gasteiger partial charge on any atom is 0.254 e. The van der Waals surface area contributed by atoms with Crippen molar-refractivity contribution in [2.45, 2.75) is 44.8 Å². The summed E-state index contributed by atoms with van der Waals surface area (Å²) in [5.74, 6) is -0.249. The molecule has 1 fully saturated rings. The van der Waals surface area contributed by atoms with E-state index in [0.29, 0.717) is 31.5 Å². The zero-order valence-electron chi connectivity index (χ0n) is 13.2. The Bertz CT molecular complexity index is 530. The van der Waals surface area contributed by atoms with Gasteiger partial charge in [0.15, 0.2) is 0 Å². The van der Waals surface area contributed by atoms with Crippen LogP contribution in [-0.2, 0) is 4.79 Å². The Morgan fingerprint density at radius 3 is 2.68 bits per heavy atom. The van der Waals surface area contributed by atoms with E-state index >= 15 is 0 Å². The quantitative estimate of drug-likeness (QED) is 0.867. The topological polar surface area (TPSA) is 69.6 Å². The van der Waals surface area contributed by atoms with Gasteiger partial charge in [0.2, 0.25) is 5.91 Å². The van der Waals surface area contributed by atoms with Crippen LogP contribution in [0.1, 0.15) is 43.5 Å². The van der Waals surface area contributed by atoms with E-state index in [1.54, 1.807) is 24.0 Å². The molecule has 1 heterocycles. The Morgan fingerprint density at radius 2 is 2.05 bits per heavy atom. The first-order chi connectivity index (χ1) is 10.4. The van der Waals surface area contributed by atoms with Crippen LogP contribution in [0.2, 0.25) is 0 Å². The lowest BCUT2D eigenvalue weighted by atomic mass is 9.96. The van der Waals surface area contributed by atoms with Gasteiger partial charge in [-0.05, 0) is 45.2 Å². The number of benzene rings is 1. The maximum atomic E-state index is 12.7. The van der Waals surface area contributed by atoms with E-state index in [2.05, 4.69) is 5.32 Å². The number of hydrogen-bond donors (Lipinski definition) is 2. The molecule has 2 unspecified atom stereocenters. The van der Waals surface area contributed by atoms with Gasteiger partial charge in [0.1, 0.15) is 5.54 Å². The van der Waals surface area contributed by atoms with Crippen molar-refractivity contribution < 1.29 is 14.7 Å². The summed E-state index contributed by atoms with van der Waals surface area (Å²) in [5.41, 5.74) is -0.210. The highest BCUT2D eigenvalue weighted by molar-refractivity contribution is 5.99. The zero-order chi connectivity index (χ0) is 16.2. The van der Waals surface area contributed by atoms with Gasteiger partial charge in [-0.15, -0.1) is 0 Å². The SMILES string of the molecule is CC(O)CCNC(=O)C1(C)CCCN1C(=O)c1ccccc1. The molecule has 2 rings (SSSR count). The summed E-state index contributed by atoms with van der Waals surface area (Å²) in [4.78, 5) is 26.8. The molecule has 0 aromatic heterocycles. The summed E-state index contributed by atoms with van der Waals surface area (Å²) in [7, 11) is 0. The summed E-state index contributed by atoms with van der Waals surface area (Å²) in [5, 5.41) is 12.1. The van der Waals surface area contributed by atoms with Crippen LogP contribution in [0.3, 0.4) is 0 Å². The molecular formula is C17H24N2O3. The van der Waals surface area contributed by atoms with Gasteiger partial charge in [-0.3, -0.25) is 9.59 Å². The second-order valence-corrected chi connectivity index (χ2v) is 6.09. The summed E-state index contributed by atoms with van der Waals surface area (Å²) >= 11 is 0. The Hall–Kier alpha value is -1.88. The lowest BCUT2D eigenvalue weighted by molar-refractivity contribution is -0.129. The minimum atomic E-state index is -0.814. The molecule has 1 aromatic rings. The molecule has 5 heteroatoms. The zero-order valence-corrected chi connectivity index (χ0v) is 13.2. The minimum Gasteiger partial charge on any atom is -0.393 e. The molecule has 0 spiro atoms. The van der Waals surface area contributed by atoms with E-state index in [1.165, 1.54) is 0 Å². The highest BCUT2D eigenvalue weighted by Gasteiger charge is 2.45. The predicted octanol–water partition coefficient (Wildman–Crippen LogP) is 1.57. The van der Waals surface area contributed by atoms with Gasteiger partial charge in [0, 0.05) is 18.7 Å². The van der Waals surface area contributed by atoms with Crippen LogP contribution in [0.15, 0.2) is 30.3 Å². The highest BCUT2D eigenvalue weighted by Crippen LogP contribution is 2.30. The maximum absolute atomic E-state index is 12.7. The Kier molecular flexibility index (Phi) is 5.19. The van der Waals surface area contributed by atoms with Crippen molar-refractivity contribution in [2.24, 2.45) is 0 Å². The van der Waals surface area contributed by atoms with Gasteiger partial charge >= 0.3 is 0 Å². The number of carbonyl (C=O) groups is 2. The third-order valence-electron chi connectivity index (χ3n) is 4.24. The minimum absolute atomic E-state index is 0.105. The normalized spacial score (nSPS) is 22.4. The van der Waals surface area contributed by atoms with Gasteiger partial charge < -0.3 is 15.3 Å². The third-order valence-corrected chi connectivity index (χ3v) is 4.24. The van der Waals surface area contributed by atoms with E-state index in [4.69, 9.17) is 0 Å². The standard InChI is InChI=1S/C17H24N2O3/c1-13(20)9-11-18-16(22)17(2)10-6-12-19(17)15(21)14-7-4-3-5-8-14/h3-5,7-8,13,20H,6,9-12H2,1-2H3,(H,18,22). The lowest BCUT2D eigenvalue weighted by Gasteiger charge is -2.34. The largest absolute Gasteiger partial charge is 0.393 e. The first-order valence-electron chi connectivity index (χ1n) is 7.78. The molecular weight excluding hydrogens is 280 g/mol. The molecule has 0 radical (unpaired) electrons. The van der Waals surface area contributed by atoms with Crippen molar-refractivity contribution in [1.29, 1.82) is 0 Å². The average molecular weight is 304 g/mol. The van der Waals surface area contributed by atoms with Crippen LogP contribution in [0, 0.1) is 0 Å². The molecule has 1 aliphatic rings. The molecule has 0 aliphatic carbocycles. The summed E-state index contributed by atoms with van der Waals surface area (Å²) in [6.07, 6.45) is 1.54. The Morgan fingerprint density at radius 1 is 1.36 bits per heavy atom. The van der Waals surface area contributed by atoms with E-state index in [0.717, 1.165) is 6.42 Å². The van der Waals surface area contributed by atoms with Gasteiger partial charge in [-0.2, -0.15) is 0 Å². The number of likely N-dealkylation sites (tertiary alicyclic amines) is 1. The van der Waals surface area contributed by atoms with Crippen LogP contribution in [-0.4, -0.2) is 46.6 Å². The van der Waals surface area contributed by atoms with Gasteiger partial charge in [0.05, 0.1) is 6.10 Å². The number of nitrogens with zero attached hydrogens (tertiary/aromatic N) is 1. The number of carbonyl (C=O) groups excluding carboxylic acids is 2. The fourth-order valence-electron chi connectivity index (χ4n) is 2.85. The molecule has 2 N–H and O–H groups in total. The monoisotopic (exact) mass is 304 g/mol. The molecule has 120 valence electrons. The van der Waals surface area contributed by atoms with Crippen LogP contribution in [0.5, 0.6) is 0 Å². The Balaban J connectivity index is 2.08. The molecule has 22 heavy (non-hydrogen) atoms. The molecule has 1 saturated heterocycles. The fourth-order valence-corrected chi connectivity index (χ4v) is 2.85. The second-order valence-electron chi connectivity index (χ2n) is 6.09. The predicted molar refractivity (Wildman–Crippen MR) is 84.4 cm³/mol. The molecule has 1 aromatic carbocycles. The van der Waals surface area contributed by atoms with E-state index in [9.17, 15) is 14.7 Å². The molecule has 5 nitrogen and oxygen atoms in total. The van der Waals surface area contributed by atoms with E-state index in [-0.39, 0.29) is 11.8 Å². The van der Waals surface area contributed by atoms with Crippen LogP contribution >= 0.6 is 0 Å². The lowest BCUT2D eigenvalue weighted by Crippen LogP contribution is -2.55. The van der Waals surface area contributed by atoms with Crippen LogP contribution < -0.4 is 5.32 Å². The molecule has 2 amide bonds. The first-order valence-corrected chi connectivity index (χ1v) is 7.78. The number of aliphatic hydroxyl groups is 1. The molecule has 2 atom stereocenters. The first kappa shape index (κ1) is 16.5. The number of rotatable bonds is 5.